The molecule has 108 valence electrons. The number of ether oxygens (including phenoxy) is 1. The van der Waals surface area contributed by atoms with Crippen molar-refractivity contribution in [3.8, 4) is 0 Å². The van der Waals surface area contributed by atoms with Gasteiger partial charge in [0, 0.05) is 51.2 Å². The van der Waals surface area contributed by atoms with Crippen LogP contribution in [0, 0.1) is 0 Å². The van der Waals surface area contributed by atoms with Crippen molar-refractivity contribution in [3.63, 3.8) is 0 Å². The summed E-state index contributed by atoms with van der Waals surface area (Å²) < 4.78 is 5.05. The van der Waals surface area contributed by atoms with Gasteiger partial charge in [0.1, 0.15) is 5.82 Å². The summed E-state index contributed by atoms with van der Waals surface area (Å²) in [5.41, 5.74) is 1.11. The number of rotatable bonds is 10. The van der Waals surface area contributed by atoms with E-state index in [-0.39, 0.29) is 0 Å². The van der Waals surface area contributed by atoms with Crippen LogP contribution in [0.1, 0.15) is 13.3 Å². The molecule has 1 rings (SSSR count). The molecule has 0 atom stereocenters. The minimum atomic E-state index is 0.775. The number of nitrogens with zero attached hydrogens (tertiary/aromatic N) is 2. The Bertz CT molecular complexity index is 346. The molecule has 0 saturated carbocycles. The van der Waals surface area contributed by atoms with Gasteiger partial charge in [0.05, 0.1) is 6.61 Å². The van der Waals surface area contributed by atoms with Crippen molar-refractivity contribution in [2.45, 2.75) is 13.3 Å². The summed E-state index contributed by atoms with van der Waals surface area (Å²) in [6, 6.07) is 4.04. The van der Waals surface area contributed by atoms with E-state index in [9.17, 15) is 0 Å². The Morgan fingerprint density at radius 2 is 2.11 bits per heavy atom. The van der Waals surface area contributed by atoms with Crippen LogP contribution in [-0.4, -0.2) is 56.8 Å². The minimum absolute atomic E-state index is 0.775. The van der Waals surface area contributed by atoms with E-state index in [1.165, 1.54) is 0 Å². The summed E-state index contributed by atoms with van der Waals surface area (Å²) in [6.07, 6.45) is 2.93. The first-order valence-electron chi connectivity index (χ1n) is 6.87. The summed E-state index contributed by atoms with van der Waals surface area (Å²) >= 11 is 0. The van der Waals surface area contributed by atoms with Crippen LogP contribution in [0.15, 0.2) is 18.3 Å². The van der Waals surface area contributed by atoms with Gasteiger partial charge in [0.25, 0.3) is 0 Å². The van der Waals surface area contributed by atoms with Gasteiger partial charge in [-0.1, -0.05) is 6.92 Å². The largest absolute Gasteiger partial charge is 0.384 e. The second-order valence-corrected chi connectivity index (χ2v) is 4.58. The summed E-state index contributed by atoms with van der Waals surface area (Å²) in [6.45, 7) is 6.73. The number of aromatic nitrogens is 1. The molecule has 0 amide bonds. The van der Waals surface area contributed by atoms with Crippen LogP contribution >= 0.6 is 0 Å². The zero-order valence-corrected chi connectivity index (χ0v) is 12.3. The van der Waals surface area contributed by atoms with E-state index in [1.54, 1.807) is 7.11 Å². The molecule has 0 spiro atoms. The number of likely N-dealkylation sites (N-methyl/N-ethyl adjacent to an activating group) is 1. The van der Waals surface area contributed by atoms with E-state index in [4.69, 9.17) is 4.74 Å². The molecule has 19 heavy (non-hydrogen) atoms. The van der Waals surface area contributed by atoms with Crippen LogP contribution in [0.2, 0.25) is 0 Å². The Morgan fingerprint density at radius 1 is 1.26 bits per heavy atom. The van der Waals surface area contributed by atoms with Crippen molar-refractivity contribution in [1.29, 1.82) is 0 Å². The SMILES string of the molecule is CCCNc1cc(NCCN(C)CCOC)ccn1. The molecule has 1 aromatic rings. The van der Waals surface area contributed by atoms with Crippen molar-refractivity contribution in [1.82, 2.24) is 9.88 Å². The third kappa shape index (κ3) is 6.98. The van der Waals surface area contributed by atoms with Gasteiger partial charge in [-0.25, -0.2) is 4.98 Å². The molecule has 0 radical (unpaired) electrons. The summed E-state index contributed by atoms with van der Waals surface area (Å²) in [4.78, 5) is 6.53. The van der Waals surface area contributed by atoms with Crippen LogP contribution < -0.4 is 10.6 Å². The van der Waals surface area contributed by atoms with Gasteiger partial charge in [-0.05, 0) is 19.5 Å². The van der Waals surface area contributed by atoms with Crippen LogP contribution in [0.4, 0.5) is 11.5 Å². The molecule has 0 aromatic carbocycles. The van der Waals surface area contributed by atoms with Gasteiger partial charge in [-0.3, -0.25) is 0 Å². The number of hydrogen-bond acceptors (Lipinski definition) is 5. The van der Waals surface area contributed by atoms with E-state index < -0.39 is 0 Å². The highest BCUT2D eigenvalue weighted by molar-refractivity contribution is 5.51. The van der Waals surface area contributed by atoms with Crippen molar-refractivity contribution in [3.05, 3.63) is 18.3 Å². The third-order valence-electron chi connectivity index (χ3n) is 2.82. The molecular weight excluding hydrogens is 240 g/mol. The maximum absolute atomic E-state index is 5.05. The molecule has 2 N–H and O–H groups in total. The molecule has 5 nitrogen and oxygen atoms in total. The Hall–Kier alpha value is -1.33. The predicted octanol–water partition coefficient (Wildman–Crippen LogP) is 1.89. The second kappa shape index (κ2) is 9.58. The highest BCUT2D eigenvalue weighted by Crippen LogP contribution is 2.11. The highest BCUT2D eigenvalue weighted by atomic mass is 16.5. The maximum atomic E-state index is 5.05. The van der Waals surface area contributed by atoms with Crippen molar-refractivity contribution < 1.29 is 4.74 Å². The number of nitrogens with one attached hydrogen (secondary N) is 2. The van der Waals surface area contributed by atoms with Gasteiger partial charge < -0.3 is 20.3 Å². The lowest BCUT2D eigenvalue weighted by Gasteiger charge is -2.16. The fraction of sp³-hybridized carbons (Fsp3) is 0.643. The Morgan fingerprint density at radius 3 is 2.84 bits per heavy atom. The normalized spacial score (nSPS) is 10.7. The van der Waals surface area contributed by atoms with Gasteiger partial charge in [-0.15, -0.1) is 0 Å². The molecule has 0 aliphatic carbocycles. The van der Waals surface area contributed by atoms with Crippen LogP contribution in [0.5, 0.6) is 0 Å². The lowest BCUT2D eigenvalue weighted by Crippen LogP contribution is -2.28. The number of methoxy groups -OCH3 is 1. The van der Waals surface area contributed by atoms with Gasteiger partial charge in [0.15, 0.2) is 0 Å². The zero-order chi connectivity index (χ0) is 13.9. The van der Waals surface area contributed by atoms with Gasteiger partial charge in [-0.2, -0.15) is 0 Å². The molecule has 1 heterocycles. The standard InChI is InChI=1S/C14H26N4O/c1-4-6-16-14-12-13(5-7-17-14)15-8-9-18(2)10-11-19-3/h5,7,12H,4,6,8-11H2,1-3H3,(H2,15,16,17). The molecule has 0 unspecified atom stereocenters. The van der Waals surface area contributed by atoms with E-state index in [0.29, 0.717) is 0 Å². The molecule has 0 bridgehead atoms. The van der Waals surface area contributed by atoms with E-state index in [2.05, 4.69) is 34.5 Å². The Labute approximate surface area is 116 Å². The van der Waals surface area contributed by atoms with Gasteiger partial charge in [0.2, 0.25) is 0 Å². The second-order valence-electron chi connectivity index (χ2n) is 4.58. The predicted molar refractivity (Wildman–Crippen MR) is 80.9 cm³/mol. The quantitative estimate of drug-likeness (QED) is 0.677. The molecule has 1 aromatic heterocycles. The molecular formula is C14H26N4O. The van der Waals surface area contributed by atoms with Crippen LogP contribution in [0.3, 0.4) is 0 Å². The molecule has 0 aliphatic heterocycles. The Balaban J connectivity index is 2.28. The molecule has 0 saturated heterocycles. The smallest absolute Gasteiger partial charge is 0.127 e. The lowest BCUT2D eigenvalue weighted by atomic mass is 10.3. The molecule has 0 aliphatic rings. The first-order valence-corrected chi connectivity index (χ1v) is 6.87. The first-order chi connectivity index (χ1) is 9.26. The lowest BCUT2D eigenvalue weighted by molar-refractivity contribution is 0.163. The fourth-order valence-corrected chi connectivity index (χ4v) is 1.64. The zero-order valence-electron chi connectivity index (χ0n) is 12.3. The van der Waals surface area contributed by atoms with Crippen LogP contribution in [0.25, 0.3) is 0 Å². The highest BCUT2D eigenvalue weighted by Gasteiger charge is 1.99. The Kier molecular flexibility index (Phi) is 7.93. The topological polar surface area (TPSA) is 49.4 Å². The monoisotopic (exact) mass is 266 g/mol. The van der Waals surface area contributed by atoms with E-state index in [1.807, 2.05) is 18.3 Å². The summed E-state index contributed by atoms with van der Waals surface area (Å²) in [5.74, 6) is 0.930. The average Bonchev–Trinajstić information content (AvgIpc) is 2.43. The van der Waals surface area contributed by atoms with Crippen LogP contribution in [-0.2, 0) is 4.74 Å². The average molecular weight is 266 g/mol. The minimum Gasteiger partial charge on any atom is -0.384 e. The van der Waals surface area contributed by atoms with E-state index >= 15 is 0 Å². The molecule has 0 fully saturated rings. The molecule has 5 heteroatoms. The fourth-order valence-electron chi connectivity index (χ4n) is 1.64. The number of pyridine rings is 1. The van der Waals surface area contributed by atoms with E-state index in [0.717, 1.165) is 50.7 Å². The van der Waals surface area contributed by atoms with Crippen molar-refractivity contribution >= 4 is 11.5 Å². The first kappa shape index (κ1) is 15.7. The summed E-state index contributed by atoms with van der Waals surface area (Å²) in [7, 11) is 3.83. The van der Waals surface area contributed by atoms with Crippen molar-refractivity contribution in [2.75, 3.05) is 57.6 Å². The van der Waals surface area contributed by atoms with Gasteiger partial charge >= 0.3 is 0 Å². The number of hydrogen-bond donors (Lipinski definition) is 2. The summed E-state index contributed by atoms with van der Waals surface area (Å²) in [5, 5.41) is 6.69. The number of anilines is 2. The maximum Gasteiger partial charge on any atom is 0.127 e. The van der Waals surface area contributed by atoms with Crippen molar-refractivity contribution in [2.24, 2.45) is 0 Å². The third-order valence-corrected chi connectivity index (χ3v) is 2.82.